The summed E-state index contributed by atoms with van der Waals surface area (Å²) < 4.78 is 0. The van der Waals surface area contributed by atoms with E-state index in [1.165, 1.54) is 0 Å². The van der Waals surface area contributed by atoms with E-state index in [2.05, 4.69) is 56.8 Å². The number of nitrogens with zero attached hydrogens (tertiary/aromatic N) is 2. The predicted molar refractivity (Wildman–Crippen MR) is 94.1 cm³/mol. The first-order valence-electron chi connectivity index (χ1n) is 8.14. The molecule has 1 aromatic carbocycles. The van der Waals surface area contributed by atoms with Crippen LogP contribution in [0.4, 0.5) is 0 Å². The fourth-order valence-electron chi connectivity index (χ4n) is 2.61. The quantitative estimate of drug-likeness (QED) is 0.452. The Morgan fingerprint density at radius 3 is 2.78 bits per heavy atom. The zero-order valence-corrected chi connectivity index (χ0v) is 13.4. The van der Waals surface area contributed by atoms with Crippen LogP contribution >= 0.6 is 0 Å². The van der Waals surface area contributed by atoms with Gasteiger partial charge in [-0.25, -0.2) is 9.98 Å². The Hall–Kier alpha value is -2.56. The smallest absolute Gasteiger partial charge is 0.191 e. The number of rotatable bonds is 5. The lowest BCUT2D eigenvalue weighted by Gasteiger charge is -2.16. The molecule has 0 radical (unpaired) electrons. The summed E-state index contributed by atoms with van der Waals surface area (Å²) in [6.07, 6.45) is 8.40. The minimum Gasteiger partial charge on any atom is -0.357 e. The van der Waals surface area contributed by atoms with Crippen LogP contribution in [0.1, 0.15) is 25.6 Å². The van der Waals surface area contributed by atoms with Crippen LogP contribution in [0.15, 0.2) is 53.7 Å². The van der Waals surface area contributed by atoms with Crippen molar-refractivity contribution in [3.05, 3.63) is 54.5 Å². The number of hydrogen-bond acceptors (Lipinski definition) is 2. The molecule has 120 valence electrons. The number of benzene rings is 1. The van der Waals surface area contributed by atoms with Gasteiger partial charge in [-0.15, -0.1) is 0 Å². The first kappa shape index (κ1) is 15.3. The molecule has 3 N–H and O–H groups in total. The van der Waals surface area contributed by atoms with Crippen LogP contribution in [-0.4, -0.2) is 28.5 Å². The summed E-state index contributed by atoms with van der Waals surface area (Å²) in [4.78, 5) is 12.4. The Labute approximate surface area is 137 Å². The SMILES string of the molecule is CCNC(=NCc1ncc(-c2ccccc2)[nH]1)NC1CC=CC1. The average molecular weight is 309 g/mol. The standard InChI is InChI=1S/C18H23N5/c1-2-19-18(22-15-10-6-7-11-15)21-13-17-20-12-16(23-17)14-8-4-3-5-9-14/h3-9,12,15H,2,10-11,13H2,1H3,(H,20,23)(H2,19,21,22). The number of nitrogens with one attached hydrogen (secondary N) is 3. The molecule has 2 aromatic rings. The van der Waals surface area contributed by atoms with E-state index in [0.29, 0.717) is 12.6 Å². The molecule has 0 atom stereocenters. The summed E-state index contributed by atoms with van der Waals surface area (Å²) in [5.41, 5.74) is 2.16. The van der Waals surface area contributed by atoms with Gasteiger partial charge in [0.2, 0.25) is 0 Å². The van der Waals surface area contributed by atoms with Crippen LogP contribution in [0.3, 0.4) is 0 Å². The molecule has 1 heterocycles. The third kappa shape index (κ3) is 4.22. The predicted octanol–water partition coefficient (Wildman–Crippen LogP) is 2.85. The number of aromatic nitrogens is 2. The molecule has 0 fully saturated rings. The molecule has 0 saturated heterocycles. The lowest BCUT2D eigenvalue weighted by Crippen LogP contribution is -2.42. The fourth-order valence-corrected chi connectivity index (χ4v) is 2.61. The van der Waals surface area contributed by atoms with E-state index in [9.17, 15) is 0 Å². The van der Waals surface area contributed by atoms with E-state index in [4.69, 9.17) is 0 Å². The number of aromatic amines is 1. The highest BCUT2D eigenvalue weighted by molar-refractivity contribution is 5.80. The van der Waals surface area contributed by atoms with Gasteiger partial charge in [0.25, 0.3) is 0 Å². The lowest BCUT2D eigenvalue weighted by atomic mass is 10.2. The molecular formula is C18H23N5. The van der Waals surface area contributed by atoms with Gasteiger partial charge in [0.15, 0.2) is 5.96 Å². The van der Waals surface area contributed by atoms with Gasteiger partial charge in [-0.05, 0) is 25.3 Å². The summed E-state index contributed by atoms with van der Waals surface area (Å²) >= 11 is 0. The van der Waals surface area contributed by atoms with Crippen molar-refractivity contribution in [2.45, 2.75) is 32.4 Å². The number of H-pyrrole nitrogens is 1. The molecule has 0 unspecified atom stereocenters. The van der Waals surface area contributed by atoms with Crippen molar-refractivity contribution < 1.29 is 0 Å². The van der Waals surface area contributed by atoms with E-state index in [1.54, 1.807) is 0 Å². The van der Waals surface area contributed by atoms with E-state index >= 15 is 0 Å². The molecule has 1 aliphatic carbocycles. The van der Waals surface area contributed by atoms with Crippen LogP contribution in [0.2, 0.25) is 0 Å². The Kier molecular flexibility index (Phi) is 5.09. The molecule has 0 aliphatic heterocycles. The van der Waals surface area contributed by atoms with Crippen molar-refractivity contribution in [2.75, 3.05) is 6.54 Å². The molecule has 0 spiro atoms. The van der Waals surface area contributed by atoms with Crippen molar-refractivity contribution in [1.82, 2.24) is 20.6 Å². The Morgan fingerprint density at radius 2 is 2.04 bits per heavy atom. The van der Waals surface area contributed by atoms with Crippen molar-refractivity contribution >= 4 is 5.96 Å². The highest BCUT2D eigenvalue weighted by Gasteiger charge is 2.11. The lowest BCUT2D eigenvalue weighted by molar-refractivity contribution is 0.633. The summed E-state index contributed by atoms with van der Waals surface area (Å²) in [5.74, 6) is 1.71. The van der Waals surface area contributed by atoms with Gasteiger partial charge in [-0.2, -0.15) is 0 Å². The number of imidazole rings is 1. The number of aliphatic imine (C=N–C) groups is 1. The van der Waals surface area contributed by atoms with Crippen LogP contribution in [0, 0.1) is 0 Å². The van der Waals surface area contributed by atoms with Crippen LogP contribution in [0.5, 0.6) is 0 Å². The van der Waals surface area contributed by atoms with E-state index in [1.807, 2.05) is 24.4 Å². The van der Waals surface area contributed by atoms with E-state index < -0.39 is 0 Å². The zero-order valence-electron chi connectivity index (χ0n) is 13.4. The van der Waals surface area contributed by atoms with Gasteiger partial charge < -0.3 is 15.6 Å². The van der Waals surface area contributed by atoms with Crippen molar-refractivity contribution in [1.29, 1.82) is 0 Å². The third-order valence-corrected chi connectivity index (χ3v) is 3.79. The summed E-state index contributed by atoms with van der Waals surface area (Å²) in [6, 6.07) is 10.6. The second-order valence-electron chi connectivity index (χ2n) is 5.59. The van der Waals surface area contributed by atoms with Gasteiger partial charge in [-0.1, -0.05) is 42.5 Å². The maximum absolute atomic E-state index is 4.63. The Morgan fingerprint density at radius 1 is 1.26 bits per heavy atom. The molecule has 5 nitrogen and oxygen atoms in total. The first-order chi connectivity index (χ1) is 11.3. The summed E-state index contributed by atoms with van der Waals surface area (Å²) in [5, 5.41) is 6.75. The highest BCUT2D eigenvalue weighted by atomic mass is 15.2. The van der Waals surface area contributed by atoms with Gasteiger partial charge in [0.1, 0.15) is 12.4 Å². The minimum absolute atomic E-state index is 0.448. The van der Waals surface area contributed by atoms with Gasteiger partial charge in [0.05, 0.1) is 11.9 Å². The van der Waals surface area contributed by atoms with Crippen LogP contribution < -0.4 is 10.6 Å². The van der Waals surface area contributed by atoms with Gasteiger partial charge in [0, 0.05) is 12.6 Å². The van der Waals surface area contributed by atoms with Gasteiger partial charge in [-0.3, -0.25) is 0 Å². The molecule has 0 saturated carbocycles. The normalized spacial score (nSPS) is 15.1. The molecule has 1 aliphatic rings. The number of hydrogen-bond donors (Lipinski definition) is 3. The van der Waals surface area contributed by atoms with Crippen molar-refractivity contribution in [3.63, 3.8) is 0 Å². The molecular weight excluding hydrogens is 286 g/mol. The fraction of sp³-hybridized carbons (Fsp3) is 0.333. The Bertz CT molecular complexity index is 664. The van der Waals surface area contributed by atoms with Gasteiger partial charge >= 0.3 is 0 Å². The molecule has 1 aromatic heterocycles. The summed E-state index contributed by atoms with van der Waals surface area (Å²) in [7, 11) is 0. The third-order valence-electron chi connectivity index (χ3n) is 3.79. The van der Waals surface area contributed by atoms with Crippen molar-refractivity contribution in [3.8, 4) is 11.3 Å². The highest BCUT2D eigenvalue weighted by Crippen LogP contribution is 2.16. The monoisotopic (exact) mass is 309 g/mol. The van der Waals surface area contributed by atoms with Crippen LogP contribution in [0.25, 0.3) is 11.3 Å². The molecule has 23 heavy (non-hydrogen) atoms. The minimum atomic E-state index is 0.448. The molecule has 0 bridgehead atoms. The zero-order chi connectivity index (χ0) is 15.9. The maximum Gasteiger partial charge on any atom is 0.191 e. The van der Waals surface area contributed by atoms with E-state index in [0.717, 1.165) is 42.4 Å². The van der Waals surface area contributed by atoms with Crippen molar-refractivity contribution in [2.24, 2.45) is 4.99 Å². The maximum atomic E-state index is 4.63. The molecule has 5 heteroatoms. The average Bonchev–Trinajstić information content (AvgIpc) is 3.25. The van der Waals surface area contributed by atoms with Crippen LogP contribution in [-0.2, 0) is 6.54 Å². The second-order valence-corrected chi connectivity index (χ2v) is 5.59. The molecule has 3 rings (SSSR count). The largest absolute Gasteiger partial charge is 0.357 e. The number of guanidine groups is 1. The topological polar surface area (TPSA) is 65.1 Å². The summed E-state index contributed by atoms with van der Waals surface area (Å²) in [6.45, 7) is 3.45. The molecule has 0 amide bonds. The van der Waals surface area contributed by atoms with E-state index in [-0.39, 0.29) is 0 Å². The second kappa shape index (κ2) is 7.63. The first-order valence-corrected chi connectivity index (χ1v) is 8.14. The Balaban J connectivity index is 1.64.